The van der Waals surface area contributed by atoms with Gasteiger partial charge in [-0.3, -0.25) is 14.3 Å². The molecular formula is C29H32N4O2. The Bertz CT molecular complexity index is 1300. The van der Waals surface area contributed by atoms with Crippen LogP contribution in [0.3, 0.4) is 0 Å². The highest BCUT2D eigenvalue weighted by Crippen LogP contribution is 2.29. The molecule has 4 aromatic rings. The predicted octanol–water partition coefficient (Wildman–Crippen LogP) is 4.26. The topological polar surface area (TPSA) is 50.5 Å². The maximum Gasteiger partial charge on any atom is 0.335 e. The summed E-state index contributed by atoms with van der Waals surface area (Å²) in [5, 5.41) is 0. The van der Waals surface area contributed by atoms with Gasteiger partial charge in [-0.15, -0.1) is 0 Å². The zero-order valence-electron chi connectivity index (χ0n) is 20.2. The van der Waals surface area contributed by atoms with Crippen LogP contribution < -0.4 is 5.69 Å². The number of imidazole rings is 1. The highest BCUT2D eigenvalue weighted by molar-refractivity contribution is 5.89. The molecule has 5 rings (SSSR count). The fraction of sp³-hybridized carbons (Fsp3) is 0.310. The summed E-state index contributed by atoms with van der Waals surface area (Å²) in [5.41, 5.74) is 3.93. The van der Waals surface area contributed by atoms with Crippen LogP contribution in [0, 0.1) is 0 Å². The number of fused-ring (bicyclic) bond motifs is 1. The highest BCUT2D eigenvalue weighted by Gasteiger charge is 2.26. The Hall–Kier alpha value is -3.48. The van der Waals surface area contributed by atoms with E-state index >= 15 is 0 Å². The smallest absolute Gasteiger partial charge is 0.301 e. The van der Waals surface area contributed by atoms with Crippen LogP contribution in [0.15, 0.2) is 89.7 Å². The molecule has 1 saturated heterocycles. The van der Waals surface area contributed by atoms with Crippen molar-refractivity contribution in [2.75, 3.05) is 32.7 Å². The van der Waals surface area contributed by atoms with Crippen LogP contribution in [0.5, 0.6) is 0 Å². The van der Waals surface area contributed by atoms with E-state index in [1.807, 2.05) is 24.3 Å². The Morgan fingerprint density at radius 2 is 1.29 bits per heavy atom. The van der Waals surface area contributed by atoms with Crippen molar-refractivity contribution in [1.29, 1.82) is 0 Å². The molecule has 0 amide bonds. The number of hydrogen-bond acceptors (Lipinski definition) is 4. The van der Waals surface area contributed by atoms with E-state index in [9.17, 15) is 9.59 Å². The monoisotopic (exact) mass is 468 g/mol. The lowest BCUT2D eigenvalue weighted by molar-refractivity contribution is 0.0936. The fourth-order valence-corrected chi connectivity index (χ4v) is 5.31. The maximum atomic E-state index is 12.9. The number of carbonyl (C=O) groups is 1. The van der Waals surface area contributed by atoms with Crippen LogP contribution in [0.4, 0.5) is 0 Å². The first-order chi connectivity index (χ1) is 17.1. The minimum atomic E-state index is -0.243. The molecule has 0 aliphatic carbocycles. The van der Waals surface area contributed by atoms with E-state index in [-0.39, 0.29) is 17.6 Å². The molecule has 0 N–H and O–H groups in total. The average molecular weight is 469 g/mol. The Labute approximate surface area is 206 Å². The van der Waals surface area contributed by atoms with Gasteiger partial charge in [0.1, 0.15) is 0 Å². The quantitative estimate of drug-likeness (QED) is 0.407. The third-order valence-electron chi connectivity index (χ3n) is 7.01. The Kier molecular flexibility index (Phi) is 6.93. The molecule has 0 radical (unpaired) electrons. The van der Waals surface area contributed by atoms with Crippen molar-refractivity contribution in [3.05, 3.63) is 107 Å². The van der Waals surface area contributed by atoms with E-state index in [4.69, 9.17) is 0 Å². The van der Waals surface area contributed by atoms with Crippen molar-refractivity contribution in [2.45, 2.75) is 25.9 Å². The standard InChI is InChI=1S/C29H32N4O2/c1-23(34)33-27-16-9-8-15-26(27)32(29(33)35)18-10-17-30-19-21-31(22-20-30)28(24-11-4-2-5-12-24)25-13-6-3-7-14-25/h2-9,11-16,28H,10,17-22H2,1H3. The molecule has 35 heavy (non-hydrogen) atoms. The summed E-state index contributed by atoms with van der Waals surface area (Å²) in [6.45, 7) is 6.98. The van der Waals surface area contributed by atoms with E-state index in [1.54, 1.807) is 4.57 Å². The van der Waals surface area contributed by atoms with E-state index < -0.39 is 0 Å². The van der Waals surface area contributed by atoms with Crippen LogP contribution in [0.25, 0.3) is 11.0 Å². The van der Waals surface area contributed by atoms with Gasteiger partial charge in [-0.2, -0.15) is 0 Å². The molecule has 0 saturated carbocycles. The molecular weight excluding hydrogens is 436 g/mol. The number of nitrogens with zero attached hydrogens (tertiary/aromatic N) is 4. The fourth-order valence-electron chi connectivity index (χ4n) is 5.31. The molecule has 2 heterocycles. The van der Waals surface area contributed by atoms with Crippen molar-refractivity contribution in [3.63, 3.8) is 0 Å². The molecule has 6 heteroatoms. The zero-order valence-corrected chi connectivity index (χ0v) is 20.2. The van der Waals surface area contributed by atoms with Crippen molar-refractivity contribution < 1.29 is 4.79 Å². The normalized spacial score (nSPS) is 15.1. The first-order valence-electron chi connectivity index (χ1n) is 12.4. The second-order valence-corrected chi connectivity index (χ2v) is 9.23. The zero-order chi connectivity index (χ0) is 24.2. The Morgan fingerprint density at radius 1 is 0.743 bits per heavy atom. The number of hydrogen-bond donors (Lipinski definition) is 0. The number of rotatable bonds is 7. The van der Waals surface area contributed by atoms with Crippen LogP contribution >= 0.6 is 0 Å². The number of piperazine rings is 1. The maximum absolute atomic E-state index is 12.9. The van der Waals surface area contributed by atoms with E-state index in [0.717, 1.165) is 44.7 Å². The highest BCUT2D eigenvalue weighted by atomic mass is 16.2. The minimum absolute atomic E-state index is 0.239. The van der Waals surface area contributed by atoms with Crippen LogP contribution in [-0.4, -0.2) is 57.6 Å². The third kappa shape index (κ3) is 4.85. The minimum Gasteiger partial charge on any atom is -0.301 e. The predicted molar refractivity (Wildman–Crippen MR) is 140 cm³/mol. The van der Waals surface area contributed by atoms with E-state index in [2.05, 4.69) is 70.5 Å². The van der Waals surface area contributed by atoms with Gasteiger partial charge in [0.25, 0.3) is 0 Å². The largest absolute Gasteiger partial charge is 0.335 e. The van der Waals surface area contributed by atoms with E-state index in [1.165, 1.54) is 22.6 Å². The lowest BCUT2D eigenvalue weighted by Gasteiger charge is -2.39. The molecule has 6 nitrogen and oxygen atoms in total. The lowest BCUT2D eigenvalue weighted by Crippen LogP contribution is -2.48. The third-order valence-corrected chi connectivity index (χ3v) is 7.01. The van der Waals surface area contributed by atoms with Gasteiger partial charge in [-0.1, -0.05) is 72.8 Å². The molecule has 0 bridgehead atoms. The first kappa shape index (κ1) is 23.3. The van der Waals surface area contributed by atoms with Gasteiger partial charge in [-0.05, 0) is 36.2 Å². The number of aromatic nitrogens is 2. The summed E-state index contributed by atoms with van der Waals surface area (Å²) in [6.07, 6.45) is 0.868. The molecule has 180 valence electrons. The number of para-hydroxylation sites is 2. The van der Waals surface area contributed by atoms with Gasteiger partial charge in [0.05, 0.1) is 17.1 Å². The van der Waals surface area contributed by atoms with E-state index in [0.29, 0.717) is 12.1 Å². The second kappa shape index (κ2) is 10.4. The van der Waals surface area contributed by atoms with Gasteiger partial charge in [0.2, 0.25) is 5.91 Å². The summed E-state index contributed by atoms with van der Waals surface area (Å²) in [7, 11) is 0. The van der Waals surface area contributed by atoms with Gasteiger partial charge in [-0.25, -0.2) is 9.36 Å². The van der Waals surface area contributed by atoms with Crippen LogP contribution in [0.2, 0.25) is 0 Å². The number of aryl methyl sites for hydroxylation is 1. The molecule has 1 aromatic heterocycles. The summed E-state index contributed by atoms with van der Waals surface area (Å²) >= 11 is 0. The Balaban J connectivity index is 1.23. The summed E-state index contributed by atoms with van der Waals surface area (Å²) in [4.78, 5) is 30.0. The van der Waals surface area contributed by atoms with Gasteiger partial charge in [0, 0.05) is 39.6 Å². The summed E-state index contributed by atoms with van der Waals surface area (Å²) in [6, 6.07) is 29.3. The van der Waals surface area contributed by atoms with Crippen LogP contribution in [0.1, 0.15) is 35.3 Å². The molecule has 0 atom stereocenters. The first-order valence-corrected chi connectivity index (χ1v) is 12.4. The molecule has 0 spiro atoms. The molecule has 1 fully saturated rings. The Morgan fingerprint density at radius 3 is 1.86 bits per heavy atom. The molecule has 3 aromatic carbocycles. The summed E-state index contributed by atoms with van der Waals surface area (Å²) in [5.74, 6) is -0.243. The van der Waals surface area contributed by atoms with Crippen molar-refractivity contribution >= 4 is 16.9 Å². The molecule has 0 unspecified atom stereocenters. The van der Waals surface area contributed by atoms with Crippen molar-refractivity contribution in [2.24, 2.45) is 0 Å². The van der Waals surface area contributed by atoms with Gasteiger partial charge >= 0.3 is 5.69 Å². The molecule has 1 aliphatic rings. The SMILES string of the molecule is CC(=O)n1c(=O)n(CCCN2CCN(C(c3ccccc3)c3ccccc3)CC2)c2ccccc21. The number of carbonyl (C=O) groups excluding carboxylic acids is 1. The summed E-state index contributed by atoms with van der Waals surface area (Å²) < 4.78 is 3.02. The molecule has 1 aliphatic heterocycles. The van der Waals surface area contributed by atoms with Crippen LogP contribution in [-0.2, 0) is 6.54 Å². The lowest BCUT2D eigenvalue weighted by atomic mass is 9.96. The van der Waals surface area contributed by atoms with Crippen molar-refractivity contribution in [3.8, 4) is 0 Å². The second-order valence-electron chi connectivity index (χ2n) is 9.23. The number of benzene rings is 3. The van der Waals surface area contributed by atoms with Crippen molar-refractivity contribution in [1.82, 2.24) is 18.9 Å². The van der Waals surface area contributed by atoms with Gasteiger partial charge < -0.3 is 4.90 Å². The van der Waals surface area contributed by atoms with Gasteiger partial charge in [0.15, 0.2) is 0 Å². The average Bonchev–Trinajstić information content (AvgIpc) is 3.18.